The number of carbonyl (C=O) groups is 1. The smallest absolute Gasteiger partial charge is 0.326 e. The Kier molecular flexibility index (Phi) is 8.30. The van der Waals surface area contributed by atoms with Crippen LogP contribution < -0.4 is 10.6 Å². The van der Waals surface area contributed by atoms with Crippen molar-refractivity contribution in [1.82, 2.24) is 24.4 Å². The number of nitrogens with one attached hydrogen (secondary N) is 1. The normalized spacial score (nSPS) is 13.9. The SMILES string of the molecule is CN(Cc1ccccc1)c1cc(Cl)nc(SCc2cccc(C(=O)N3CCC(n4c(=O)[nH]c5ccccc54)CC3)c2)n1. The molecule has 2 aromatic heterocycles. The van der Waals surface area contributed by atoms with E-state index >= 15 is 0 Å². The summed E-state index contributed by atoms with van der Waals surface area (Å²) in [5.41, 5.74) is 4.51. The second-order valence-electron chi connectivity index (χ2n) is 10.5. The summed E-state index contributed by atoms with van der Waals surface area (Å²) in [5, 5.41) is 0.980. The number of amides is 1. The number of hydrogen-bond acceptors (Lipinski definition) is 6. The average molecular weight is 599 g/mol. The maximum Gasteiger partial charge on any atom is 0.326 e. The Morgan fingerprint density at radius 2 is 1.71 bits per heavy atom. The Hall–Kier alpha value is -4.08. The van der Waals surface area contributed by atoms with Crippen LogP contribution in [0.25, 0.3) is 11.0 Å². The van der Waals surface area contributed by atoms with E-state index in [4.69, 9.17) is 16.6 Å². The predicted octanol–water partition coefficient (Wildman–Crippen LogP) is 6.18. The van der Waals surface area contributed by atoms with Gasteiger partial charge in [-0.05, 0) is 48.2 Å². The minimum Gasteiger partial charge on any atom is -0.355 e. The number of aromatic nitrogens is 4. The molecule has 1 saturated heterocycles. The zero-order valence-electron chi connectivity index (χ0n) is 23.2. The van der Waals surface area contributed by atoms with E-state index in [0.29, 0.717) is 41.3 Å². The van der Waals surface area contributed by atoms with Gasteiger partial charge in [0.05, 0.1) is 11.0 Å². The van der Waals surface area contributed by atoms with E-state index in [0.717, 1.165) is 35.3 Å². The lowest BCUT2D eigenvalue weighted by Crippen LogP contribution is -2.40. The number of benzene rings is 3. The summed E-state index contributed by atoms with van der Waals surface area (Å²) >= 11 is 7.84. The van der Waals surface area contributed by atoms with Crippen molar-refractivity contribution in [3.8, 4) is 0 Å². The number of likely N-dealkylation sites (tertiary alicyclic amines) is 1. The molecule has 10 heteroatoms. The Morgan fingerprint density at radius 3 is 2.52 bits per heavy atom. The van der Waals surface area contributed by atoms with Gasteiger partial charge in [-0.15, -0.1) is 0 Å². The summed E-state index contributed by atoms with van der Waals surface area (Å²) in [5.74, 6) is 1.37. The molecule has 0 spiro atoms. The lowest BCUT2D eigenvalue weighted by Gasteiger charge is -2.32. The predicted molar refractivity (Wildman–Crippen MR) is 168 cm³/mol. The molecule has 1 N–H and O–H groups in total. The number of halogens is 1. The number of H-pyrrole nitrogens is 1. The summed E-state index contributed by atoms with van der Waals surface area (Å²) in [4.78, 5) is 42.0. The van der Waals surface area contributed by atoms with Gasteiger partial charge in [-0.1, -0.05) is 78.0 Å². The highest BCUT2D eigenvalue weighted by atomic mass is 35.5. The van der Waals surface area contributed by atoms with Crippen molar-refractivity contribution < 1.29 is 4.79 Å². The second kappa shape index (κ2) is 12.4. The molecule has 0 radical (unpaired) electrons. The molecular weight excluding hydrogens is 568 g/mol. The third kappa shape index (κ3) is 6.22. The summed E-state index contributed by atoms with van der Waals surface area (Å²) in [6, 6.07) is 27.5. The van der Waals surface area contributed by atoms with Crippen LogP contribution in [-0.4, -0.2) is 50.5 Å². The van der Waals surface area contributed by atoms with Crippen molar-refractivity contribution in [2.24, 2.45) is 0 Å². The monoisotopic (exact) mass is 598 g/mol. The molecule has 42 heavy (non-hydrogen) atoms. The number of anilines is 1. The number of para-hydroxylation sites is 2. The van der Waals surface area contributed by atoms with Crippen LogP contribution in [0.15, 0.2) is 94.9 Å². The van der Waals surface area contributed by atoms with E-state index in [1.807, 2.05) is 88.1 Å². The topological polar surface area (TPSA) is 87.1 Å². The first-order valence-electron chi connectivity index (χ1n) is 13.9. The highest BCUT2D eigenvalue weighted by molar-refractivity contribution is 7.98. The van der Waals surface area contributed by atoms with Gasteiger partial charge in [-0.2, -0.15) is 0 Å². The van der Waals surface area contributed by atoms with Gasteiger partial charge >= 0.3 is 5.69 Å². The van der Waals surface area contributed by atoms with Crippen LogP contribution in [0.2, 0.25) is 5.15 Å². The molecule has 6 rings (SSSR count). The maximum absolute atomic E-state index is 13.4. The van der Waals surface area contributed by atoms with Crippen molar-refractivity contribution in [3.05, 3.63) is 117 Å². The number of hydrogen-bond donors (Lipinski definition) is 1. The minimum absolute atomic E-state index is 0.00963. The van der Waals surface area contributed by atoms with Gasteiger partial charge in [-0.25, -0.2) is 14.8 Å². The number of nitrogens with zero attached hydrogens (tertiary/aromatic N) is 5. The molecule has 214 valence electrons. The molecule has 5 aromatic rings. The molecule has 8 nitrogen and oxygen atoms in total. The second-order valence-corrected chi connectivity index (χ2v) is 11.8. The number of aromatic amines is 1. The van der Waals surface area contributed by atoms with Crippen LogP contribution in [0.5, 0.6) is 0 Å². The fraction of sp³-hybridized carbons (Fsp3) is 0.250. The first kappa shape index (κ1) is 28.1. The molecule has 1 amide bonds. The molecule has 0 atom stereocenters. The molecular formula is C32H31ClN6O2S. The quantitative estimate of drug-likeness (QED) is 0.130. The van der Waals surface area contributed by atoms with Gasteiger partial charge in [0.2, 0.25) is 0 Å². The van der Waals surface area contributed by atoms with Gasteiger partial charge in [-0.3, -0.25) is 9.36 Å². The fourth-order valence-corrected chi connectivity index (χ4v) is 6.50. The van der Waals surface area contributed by atoms with Crippen molar-refractivity contribution in [3.63, 3.8) is 0 Å². The number of fused-ring (bicyclic) bond motifs is 1. The summed E-state index contributed by atoms with van der Waals surface area (Å²) in [7, 11) is 1.98. The largest absolute Gasteiger partial charge is 0.355 e. The van der Waals surface area contributed by atoms with Gasteiger partial charge < -0.3 is 14.8 Å². The number of rotatable bonds is 8. The fourth-order valence-electron chi connectivity index (χ4n) is 5.47. The van der Waals surface area contributed by atoms with E-state index in [1.165, 1.54) is 17.3 Å². The molecule has 0 bridgehead atoms. The molecule has 0 unspecified atom stereocenters. The molecule has 3 heterocycles. The lowest BCUT2D eigenvalue weighted by molar-refractivity contribution is 0.0695. The molecule has 1 aliphatic rings. The van der Waals surface area contributed by atoms with Crippen molar-refractivity contribution in [2.75, 3.05) is 25.0 Å². The Labute approximate surface area is 253 Å². The molecule has 1 fully saturated rings. The van der Waals surface area contributed by atoms with Crippen molar-refractivity contribution in [2.45, 2.75) is 36.3 Å². The van der Waals surface area contributed by atoms with Crippen LogP contribution in [-0.2, 0) is 12.3 Å². The molecule has 1 aliphatic heterocycles. The standard InChI is InChI=1S/C32H31ClN6O2S/c1-37(20-22-8-3-2-4-9-22)29-19-28(33)35-31(36-29)42-21-23-10-7-11-24(18-23)30(40)38-16-14-25(15-17-38)39-27-13-6-5-12-26(27)34-32(39)41/h2-13,18-19,25H,14-17,20-21H2,1H3,(H,34,41). The van der Waals surface area contributed by atoms with Gasteiger partial charge in [0.15, 0.2) is 5.16 Å². The number of piperidine rings is 1. The van der Waals surface area contributed by atoms with Gasteiger partial charge in [0.1, 0.15) is 11.0 Å². The van der Waals surface area contributed by atoms with E-state index in [9.17, 15) is 9.59 Å². The van der Waals surface area contributed by atoms with E-state index in [1.54, 1.807) is 6.07 Å². The van der Waals surface area contributed by atoms with Crippen LogP contribution in [0.4, 0.5) is 5.82 Å². The third-order valence-corrected chi connectivity index (χ3v) is 8.71. The zero-order valence-corrected chi connectivity index (χ0v) is 24.8. The first-order valence-corrected chi connectivity index (χ1v) is 15.3. The zero-order chi connectivity index (χ0) is 29.1. The van der Waals surface area contributed by atoms with Gasteiger partial charge in [0, 0.05) is 50.1 Å². The van der Waals surface area contributed by atoms with E-state index < -0.39 is 0 Å². The highest BCUT2D eigenvalue weighted by Gasteiger charge is 2.26. The van der Waals surface area contributed by atoms with E-state index in [-0.39, 0.29) is 17.6 Å². The third-order valence-electron chi connectivity index (χ3n) is 7.60. The molecule has 0 saturated carbocycles. The number of imidazole rings is 1. The van der Waals surface area contributed by atoms with Crippen LogP contribution in [0, 0.1) is 0 Å². The lowest BCUT2D eigenvalue weighted by atomic mass is 10.0. The summed E-state index contributed by atoms with van der Waals surface area (Å²) < 4.78 is 1.84. The number of carbonyl (C=O) groups excluding carboxylic acids is 1. The van der Waals surface area contributed by atoms with Gasteiger partial charge in [0.25, 0.3) is 5.91 Å². The van der Waals surface area contributed by atoms with Crippen molar-refractivity contribution in [1.29, 1.82) is 0 Å². The van der Waals surface area contributed by atoms with E-state index in [2.05, 4.69) is 22.1 Å². The number of thioether (sulfide) groups is 1. The maximum atomic E-state index is 13.4. The minimum atomic E-state index is -0.0928. The van der Waals surface area contributed by atoms with Crippen LogP contribution >= 0.6 is 23.4 Å². The Balaban J connectivity index is 1.08. The summed E-state index contributed by atoms with van der Waals surface area (Å²) in [6.45, 7) is 1.91. The highest BCUT2D eigenvalue weighted by Crippen LogP contribution is 2.28. The van der Waals surface area contributed by atoms with Crippen LogP contribution in [0.1, 0.15) is 40.4 Å². The first-order chi connectivity index (χ1) is 20.4. The Morgan fingerprint density at radius 1 is 0.976 bits per heavy atom. The summed E-state index contributed by atoms with van der Waals surface area (Å²) in [6.07, 6.45) is 1.46. The molecule has 3 aromatic carbocycles. The Bertz CT molecular complexity index is 1760. The molecule has 0 aliphatic carbocycles. The van der Waals surface area contributed by atoms with Crippen LogP contribution in [0.3, 0.4) is 0 Å². The van der Waals surface area contributed by atoms with Crippen molar-refractivity contribution >= 4 is 46.1 Å². The average Bonchev–Trinajstić information content (AvgIpc) is 3.35.